The Morgan fingerprint density at radius 3 is 2.67 bits per heavy atom. The molecule has 3 rings (SSSR count). The number of nitrogen functional groups attached to an aromatic ring is 1. The van der Waals surface area contributed by atoms with Gasteiger partial charge >= 0.3 is 0 Å². The molecule has 0 unspecified atom stereocenters. The van der Waals surface area contributed by atoms with Crippen LogP contribution in [0.2, 0.25) is 0 Å². The van der Waals surface area contributed by atoms with Crippen LogP contribution in [0.5, 0.6) is 0 Å². The summed E-state index contributed by atoms with van der Waals surface area (Å²) in [7, 11) is 0. The first-order valence-electron chi connectivity index (χ1n) is 5.72. The number of aryl methyl sites for hydroxylation is 2. The summed E-state index contributed by atoms with van der Waals surface area (Å²) in [6, 6.07) is 6.06. The zero-order valence-electron chi connectivity index (χ0n) is 10.3. The Bertz CT molecular complexity index is 731. The summed E-state index contributed by atoms with van der Waals surface area (Å²) in [5.74, 6) is 1.26. The Kier molecular flexibility index (Phi) is 2.52. The van der Waals surface area contributed by atoms with Crippen molar-refractivity contribution < 1.29 is 0 Å². The highest BCUT2D eigenvalue weighted by molar-refractivity contribution is 7.08. The van der Waals surface area contributed by atoms with Gasteiger partial charge < -0.3 is 5.73 Å². The van der Waals surface area contributed by atoms with E-state index < -0.39 is 0 Å². The van der Waals surface area contributed by atoms with Gasteiger partial charge in [0.1, 0.15) is 5.82 Å². The fourth-order valence-electron chi connectivity index (χ4n) is 1.98. The number of hydrogen-bond acceptors (Lipinski definition) is 4. The quantitative estimate of drug-likeness (QED) is 0.723. The van der Waals surface area contributed by atoms with E-state index in [2.05, 4.69) is 27.7 Å². The van der Waals surface area contributed by atoms with E-state index in [1.54, 1.807) is 11.3 Å². The number of benzene rings is 1. The first-order chi connectivity index (χ1) is 8.65. The fourth-order valence-corrected chi connectivity index (χ4v) is 2.80. The van der Waals surface area contributed by atoms with Crippen molar-refractivity contribution in [3.63, 3.8) is 0 Å². The molecule has 0 aliphatic rings. The zero-order valence-corrected chi connectivity index (χ0v) is 11.1. The van der Waals surface area contributed by atoms with Crippen molar-refractivity contribution in [2.75, 3.05) is 5.73 Å². The zero-order chi connectivity index (χ0) is 12.7. The topological polar surface area (TPSA) is 51.8 Å². The van der Waals surface area contributed by atoms with E-state index >= 15 is 0 Å². The summed E-state index contributed by atoms with van der Waals surface area (Å²) >= 11 is 1.65. The van der Waals surface area contributed by atoms with Gasteiger partial charge in [-0.1, -0.05) is 11.6 Å². The van der Waals surface area contributed by atoms with Crippen molar-refractivity contribution in [1.29, 1.82) is 0 Å². The van der Waals surface area contributed by atoms with Crippen LogP contribution >= 0.6 is 11.3 Å². The summed E-state index contributed by atoms with van der Waals surface area (Å²) < 4.78 is 0. The molecular formula is C14H13N3S. The molecule has 0 aliphatic carbocycles. The summed E-state index contributed by atoms with van der Waals surface area (Å²) in [6.07, 6.45) is 0. The lowest BCUT2D eigenvalue weighted by Crippen LogP contribution is -1.98. The molecule has 0 fully saturated rings. The number of thiophene rings is 1. The van der Waals surface area contributed by atoms with Gasteiger partial charge in [-0.25, -0.2) is 9.97 Å². The lowest BCUT2D eigenvalue weighted by Gasteiger charge is -2.06. The largest absolute Gasteiger partial charge is 0.383 e. The monoisotopic (exact) mass is 255 g/mol. The molecule has 2 aromatic heterocycles. The molecule has 3 nitrogen and oxygen atoms in total. The standard InChI is InChI=1S/C14H13N3S/c1-8-3-4-12-10(5-8)13(15)17-14(16-12)11-7-18-6-9(11)2/h3-7H,1-2H3,(H2,15,16,17). The number of rotatable bonds is 1. The lowest BCUT2D eigenvalue weighted by molar-refractivity contribution is 1.23. The third-order valence-corrected chi connectivity index (χ3v) is 3.84. The smallest absolute Gasteiger partial charge is 0.163 e. The van der Waals surface area contributed by atoms with E-state index in [1.807, 2.05) is 25.1 Å². The predicted octanol–water partition coefficient (Wildman–Crippen LogP) is 3.56. The molecule has 0 spiro atoms. The second-order valence-electron chi connectivity index (χ2n) is 4.42. The van der Waals surface area contributed by atoms with Crippen LogP contribution in [0, 0.1) is 13.8 Å². The molecule has 0 saturated heterocycles. The summed E-state index contributed by atoms with van der Waals surface area (Å²) in [6.45, 7) is 4.10. The minimum atomic E-state index is 0.546. The van der Waals surface area contributed by atoms with Gasteiger partial charge in [-0.2, -0.15) is 11.3 Å². The second-order valence-corrected chi connectivity index (χ2v) is 5.17. The highest BCUT2D eigenvalue weighted by Crippen LogP contribution is 2.27. The second kappa shape index (κ2) is 4.07. The Morgan fingerprint density at radius 2 is 1.94 bits per heavy atom. The molecule has 18 heavy (non-hydrogen) atoms. The van der Waals surface area contributed by atoms with Crippen LogP contribution in [-0.2, 0) is 0 Å². The first-order valence-corrected chi connectivity index (χ1v) is 6.66. The highest BCUT2D eigenvalue weighted by atomic mass is 32.1. The van der Waals surface area contributed by atoms with Crippen molar-refractivity contribution in [3.8, 4) is 11.4 Å². The molecule has 3 aromatic rings. The molecule has 2 N–H and O–H groups in total. The van der Waals surface area contributed by atoms with Gasteiger partial charge in [0.05, 0.1) is 5.52 Å². The van der Waals surface area contributed by atoms with Crippen LogP contribution in [0.25, 0.3) is 22.3 Å². The third-order valence-electron chi connectivity index (χ3n) is 2.98. The van der Waals surface area contributed by atoms with Crippen LogP contribution in [0.4, 0.5) is 5.82 Å². The Balaban J connectivity index is 2.28. The maximum atomic E-state index is 6.03. The summed E-state index contributed by atoms with van der Waals surface area (Å²) in [5.41, 5.74) is 10.3. The molecule has 0 saturated carbocycles. The molecule has 0 bridgehead atoms. The molecule has 0 aliphatic heterocycles. The van der Waals surface area contributed by atoms with Crippen LogP contribution in [0.1, 0.15) is 11.1 Å². The van der Waals surface area contributed by atoms with Gasteiger partial charge in [0.25, 0.3) is 0 Å². The number of hydrogen-bond donors (Lipinski definition) is 1. The molecule has 4 heteroatoms. The molecule has 0 radical (unpaired) electrons. The number of nitrogens with zero attached hydrogens (tertiary/aromatic N) is 2. The number of fused-ring (bicyclic) bond motifs is 1. The Morgan fingerprint density at radius 1 is 1.11 bits per heavy atom. The van der Waals surface area contributed by atoms with Crippen molar-refractivity contribution in [1.82, 2.24) is 9.97 Å². The Labute approximate surface area is 109 Å². The van der Waals surface area contributed by atoms with Crippen molar-refractivity contribution in [2.45, 2.75) is 13.8 Å². The molecule has 1 aromatic carbocycles. The van der Waals surface area contributed by atoms with Crippen molar-refractivity contribution in [2.24, 2.45) is 0 Å². The summed E-state index contributed by atoms with van der Waals surface area (Å²) in [4.78, 5) is 9.02. The molecular weight excluding hydrogens is 242 g/mol. The van der Waals surface area contributed by atoms with Crippen LogP contribution < -0.4 is 5.73 Å². The fraction of sp³-hybridized carbons (Fsp3) is 0.143. The van der Waals surface area contributed by atoms with Crippen LogP contribution in [-0.4, -0.2) is 9.97 Å². The lowest BCUT2D eigenvalue weighted by atomic mass is 10.1. The molecule has 2 heterocycles. The van der Waals surface area contributed by atoms with E-state index in [1.165, 1.54) is 5.56 Å². The number of anilines is 1. The van der Waals surface area contributed by atoms with E-state index in [0.717, 1.165) is 22.0 Å². The maximum Gasteiger partial charge on any atom is 0.163 e. The van der Waals surface area contributed by atoms with Gasteiger partial charge in [-0.3, -0.25) is 0 Å². The van der Waals surface area contributed by atoms with Crippen LogP contribution in [0.15, 0.2) is 29.0 Å². The highest BCUT2D eigenvalue weighted by Gasteiger charge is 2.10. The van der Waals surface area contributed by atoms with Crippen LogP contribution in [0.3, 0.4) is 0 Å². The normalized spacial score (nSPS) is 11.0. The average Bonchev–Trinajstić information content (AvgIpc) is 2.76. The van der Waals surface area contributed by atoms with E-state index in [4.69, 9.17) is 5.73 Å². The average molecular weight is 255 g/mol. The van der Waals surface area contributed by atoms with Crippen molar-refractivity contribution >= 4 is 28.1 Å². The predicted molar refractivity (Wildman–Crippen MR) is 76.7 cm³/mol. The maximum absolute atomic E-state index is 6.03. The number of nitrogens with two attached hydrogens (primary N) is 1. The van der Waals surface area contributed by atoms with E-state index in [0.29, 0.717) is 11.6 Å². The Hall–Kier alpha value is -1.94. The molecule has 0 amide bonds. The molecule has 0 atom stereocenters. The number of aromatic nitrogens is 2. The molecule has 90 valence electrons. The van der Waals surface area contributed by atoms with Gasteiger partial charge in [0, 0.05) is 16.3 Å². The van der Waals surface area contributed by atoms with Gasteiger partial charge in [0.2, 0.25) is 0 Å². The minimum absolute atomic E-state index is 0.546. The summed E-state index contributed by atoms with van der Waals surface area (Å²) in [5, 5.41) is 5.07. The first kappa shape index (κ1) is 11.2. The van der Waals surface area contributed by atoms with Crippen molar-refractivity contribution in [3.05, 3.63) is 40.1 Å². The SMILES string of the molecule is Cc1ccc2nc(-c3cscc3C)nc(N)c2c1. The van der Waals surface area contributed by atoms with Gasteiger partial charge in [-0.05, 0) is 36.9 Å². The minimum Gasteiger partial charge on any atom is -0.383 e. The van der Waals surface area contributed by atoms with Gasteiger partial charge in [0.15, 0.2) is 5.82 Å². The van der Waals surface area contributed by atoms with E-state index in [-0.39, 0.29) is 0 Å². The van der Waals surface area contributed by atoms with Gasteiger partial charge in [-0.15, -0.1) is 0 Å². The third kappa shape index (κ3) is 1.75. The van der Waals surface area contributed by atoms with E-state index in [9.17, 15) is 0 Å².